The summed E-state index contributed by atoms with van der Waals surface area (Å²) in [6, 6.07) is 14.3. The fraction of sp³-hybridized carbons (Fsp3) is 0.200. The Morgan fingerprint density at radius 3 is 2.61 bits per heavy atom. The van der Waals surface area contributed by atoms with Crippen LogP contribution in [0.3, 0.4) is 0 Å². The predicted octanol–water partition coefficient (Wildman–Crippen LogP) is 3.59. The molecule has 0 saturated heterocycles. The third kappa shape index (κ3) is 4.14. The molecule has 4 rings (SSSR count). The van der Waals surface area contributed by atoms with Crippen molar-refractivity contribution >= 4 is 35.0 Å². The molecule has 4 aromatic rings. The summed E-state index contributed by atoms with van der Waals surface area (Å²) in [5.41, 5.74) is 2.09. The van der Waals surface area contributed by atoms with E-state index in [1.54, 1.807) is 34.6 Å². The number of thioether (sulfide) groups is 1. The first kappa shape index (κ1) is 21.6. The van der Waals surface area contributed by atoms with Crippen molar-refractivity contribution in [1.29, 1.82) is 0 Å². The van der Waals surface area contributed by atoms with Gasteiger partial charge in [-0.25, -0.2) is 4.68 Å². The van der Waals surface area contributed by atoms with Crippen molar-refractivity contribution in [2.24, 2.45) is 7.05 Å². The van der Waals surface area contributed by atoms with Crippen molar-refractivity contribution in [2.75, 3.05) is 5.75 Å². The second kappa shape index (κ2) is 8.88. The van der Waals surface area contributed by atoms with Crippen LogP contribution in [0.25, 0.3) is 11.4 Å². The number of hydrogen-bond donors (Lipinski definition) is 1. The normalized spacial score (nSPS) is 12.3. The minimum absolute atomic E-state index is 0.237. The quantitative estimate of drug-likeness (QED) is 0.427. The highest BCUT2D eigenvalue weighted by molar-refractivity contribution is 7.99. The van der Waals surface area contributed by atoms with Crippen molar-refractivity contribution in [3.63, 3.8) is 0 Å². The van der Waals surface area contributed by atoms with Crippen LogP contribution in [0.15, 0.2) is 58.5 Å². The molecule has 0 aliphatic carbocycles. The van der Waals surface area contributed by atoms with Crippen LogP contribution < -0.4 is 5.56 Å². The Morgan fingerprint density at radius 1 is 1.16 bits per heavy atom. The SMILES string of the molecule is Cc1c(-n2nnnc2SC[C@@H](O)c2ccc(Cl)cc2Cl)c(=O)n(-c2ccccc2)n1C. The fourth-order valence-electron chi connectivity index (χ4n) is 3.22. The number of tetrazole rings is 1. The van der Waals surface area contributed by atoms with Crippen LogP contribution in [-0.2, 0) is 7.05 Å². The van der Waals surface area contributed by atoms with E-state index in [2.05, 4.69) is 15.5 Å². The maximum absolute atomic E-state index is 13.2. The van der Waals surface area contributed by atoms with Gasteiger partial charge in [0.05, 0.1) is 17.5 Å². The van der Waals surface area contributed by atoms with Crippen LogP contribution in [0.2, 0.25) is 10.0 Å². The van der Waals surface area contributed by atoms with Gasteiger partial charge in [0.1, 0.15) is 0 Å². The lowest BCUT2D eigenvalue weighted by molar-refractivity contribution is 0.204. The Morgan fingerprint density at radius 2 is 1.90 bits per heavy atom. The van der Waals surface area contributed by atoms with E-state index in [1.807, 2.05) is 37.3 Å². The molecule has 0 unspecified atom stereocenters. The van der Waals surface area contributed by atoms with E-state index in [0.29, 0.717) is 32.1 Å². The molecule has 0 bridgehead atoms. The van der Waals surface area contributed by atoms with Gasteiger partial charge in [-0.2, -0.15) is 4.68 Å². The molecule has 0 amide bonds. The molecule has 0 radical (unpaired) electrons. The third-order valence-electron chi connectivity index (χ3n) is 4.87. The molecule has 0 fully saturated rings. The van der Waals surface area contributed by atoms with E-state index < -0.39 is 6.10 Å². The highest BCUT2D eigenvalue weighted by Gasteiger charge is 2.23. The Bertz CT molecular complexity index is 1280. The zero-order valence-electron chi connectivity index (χ0n) is 16.6. The van der Waals surface area contributed by atoms with Gasteiger partial charge >= 0.3 is 0 Å². The Labute approximate surface area is 192 Å². The molecule has 160 valence electrons. The summed E-state index contributed by atoms with van der Waals surface area (Å²) in [6.07, 6.45) is -0.863. The lowest BCUT2D eigenvalue weighted by Crippen LogP contribution is -2.22. The summed E-state index contributed by atoms with van der Waals surface area (Å²) >= 11 is 13.3. The van der Waals surface area contributed by atoms with Gasteiger partial charge in [-0.1, -0.05) is 59.2 Å². The Kier molecular flexibility index (Phi) is 6.19. The van der Waals surface area contributed by atoms with E-state index >= 15 is 0 Å². The Hall–Kier alpha value is -2.59. The van der Waals surface area contributed by atoms with Crippen molar-refractivity contribution < 1.29 is 5.11 Å². The second-order valence-corrected chi connectivity index (χ2v) is 8.61. The maximum atomic E-state index is 13.2. The summed E-state index contributed by atoms with van der Waals surface area (Å²) in [4.78, 5) is 13.2. The first-order valence-electron chi connectivity index (χ1n) is 9.27. The van der Waals surface area contributed by atoms with E-state index in [9.17, 15) is 9.90 Å². The van der Waals surface area contributed by atoms with Crippen LogP contribution in [0, 0.1) is 6.92 Å². The molecule has 31 heavy (non-hydrogen) atoms. The number of aliphatic hydroxyl groups excluding tert-OH is 1. The van der Waals surface area contributed by atoms with Gasteiger partial charge in [0.15, 0.2) is 5.69 Å². The summed E-state index contributed by atoms with van der Waals surface area (Å²) in [6.45, 7) is 1.83. The molecular weight excluding hydrogens is 459 g/mol. The molecule has 0 aliphatic rings. The van der Waals surface area contributed by atoms with Crippen molar-refractivity contribution in [1.82, 2.24) is 29.6 Å². The molecular formula is C20H18Cl2N6O2S. The third-order valence-corrected chi connectivity index (χ3v) is 6.43. The smallest absolute Gasteiger partial charge is 0.297 e. The second-order valence-electron chi connectivity index (χ2n) is 6.78. The molecule has 11 heteroatoms. The minimum Gasteiger partial charge on any atom is -0.387 e. The Balaban J connectivity index is 1.64. The molecule has 1 atom stereocenters. The lowest BCUT2D eigenvalue weighted by Gasteiger charge is -2.12. The monoisotopic (exact) mass is 476 g/mol. The summed E-state index contributed by atoms with van der Waals surface area (Å²) in [7, 11) is 1.80. The zero-order valence-corrected chi connectivity index (χ0v) is 18.9. The molecule has 8 nitrogen and oxygen atoms in total. The van der Waals surface area contributed by atoms with Crippen molar-refractivity contribution in [3.8, 4) is 11.4 Å². The minimum atomic E-state index is -0.863. The number of halogens is 2. The highest BCUT2D eigenvalue weighted by atomic mass is 35.5. The first-order chi connectivity index (χ1) is 14.9. The van der Waals surface area contributed by atoms with Gasteiger partial charge in [0, 0.05) is 28.4 Å². The first-order valence-corrected chi connectivity index (χ1v) is 11.0. The molecule has 0 spiro atoms. The van der Waals surface area contributed by atoms with Crippen LogP contribution in [0.5, 0.6) is 0 Å². The molecule has 2 aromatic carbocycles. The molecule has 1 N–H and O–H groups in total. The number of para-hydroxylation sites is 1. The van der Waals surface area contributed by atoms with Gasteiger partial charge in [0.2, 0.25) is 5.16 Å². The molecule has 2 aromatic heterocycles. The molecule has 2 heterocycles. The van der Waals surface area contributed by atoms with E-state index in [4.69, 9.17) is 23.2 Å². The number of nitrogens with zero attached hydrogens (tertiary/aromatic N) is 6. The number of hydrogen-bond acceptors (Lipinski definition) is 6. The van der Waals surface area contributed by atoms with Gasteiger partial charge < -0.3 is 5.11 Å². The van der Waals surface area contributed by atoms with Crippen molar-refractivity contribution in [3.05, 3.63) is 80.2 Å². The topological polar surface area (TPSA) is 90.8 Å². The number of benzene rings is 2. The van der Waals surface area contributed by atoms with Crippen LogP contribution in [-0.4, -0.2) is 40.4 Å². The molecule has 0 saturated carbocycles. The van der Waals surface area contributed by atoms with Crippen LogP contribution in [0.1, 0.15) is 17.4 Å². The maximum Gasteiger partial charge on any atom is 0.297 e. The van der Waals surface area contributed by atoms with E-state index in [1.165, 1.54) is 16.4 Å². The van der Waals surface area contributed by atoms with Gasteiger partial charge in [-0.05, 0) is 41.6 Å². The van der Waals surface area contributed by atoms with E-state index in [-0.39, 0.29) is 11.3 Å². The van der Waals surface area contributed by atoms with Gasteiger partial charge in [-0.15, -0.1) is 5.10 Å². The van der Waals surface area contributed by atoms with E-state index in [0.717, 1.165) is 5.69 Å². The van der Waals surface area contributed by atoms with Crippen molar-refractivity contribution in [2.45, 2.75) is 18.2 Å². The molecule has 0 aliphatic heterocycles. The lowest BCUT2D eigenvalue weighted by atomic mass is 10.1. The largest absolute Gasteiger partial charge is 0.387 e. The average molecular weight is 477 g/mol. The number of rotatable bonds is 6. The van der Waals surface area contributed by atoms with Crippen LogP contribution in [0.4, 0.5) is 0 Å². The summed E-state index contributed by atoms with van der Waals surface area (Å²) in [5, 5.41) is 23.6. The summed E-state index contributed by atoms with van der Waals surface area (Å²) in [5.74, 6) is 0.237. The summed E-state index contributed by atoms with van der Waals surface area (Å²) < 4.78 is 4.71. The zero-order chi connectivity index (χ0) is 22.1. The highest BCUT2D eigenvalue weighted by Crippen LogP contribution is 2.30. The average Bonchev–Trinajstić information content (AvgIpc) is 3.29. The van der Waals surface area contributed by atoms with Gasteiger partial charge in [-0.3, -0.25) is 9.48 Å². The standard InChI is InChI=1S/C20H18Cl2N6O2S/c1-12-18(19(30)28(26(12)2)14-6-4-3-5-7-14)27-20(23-24-25-27)31-11-17(29)15-9-8-13(21)10-16(15)22/h3-10,17,29H,11H2,1-2H3/t17-/m1/s1. The van der Waals surface area contributed by atoms with Gasteiger partial charge in [0.25, 0.3) is 5.56 Å². The van der Waals surface area contributed by atoms with Crippen LogP contribution >= 0.6 is 35.0 Å². The number of aliphatic hydroxyl groups is 1. The predicted molar refractivity (Wildman–Crippen MR) is 121 cm³/mol. The number of aromatic nitrogens is 6. The fourth-order valence-corrected chi connectivity index (χ4v) is 4.59.